The number of halogens is 1. The van der Waals surface area contributed by atoms with E-state index in [1.165, 1.54) is 6.07 Å². The van der Waals surface area contributed by atoms with Gasteiger partial charge in [-0.25, -0.2) is 4.39 Å². The van der Waals surface area contributed by atoms with Crippen molar-refractivity contribution < 1.29 is 9.13 Å². The van der Waals surface area contributed by atoms with E-state index in [1.807, 2.05) is 13.8 Å². The van der Waals surface area contributed by atoms with Crippen LogP contribution in [0.2, 0.25) is 0 Å². The lowest BCUT2D eigenvalue weighted by Crippen LogP contribution is -2.13. The summed E-state index contributed by atoms with van der Waals surface area (Å²) < 4.78 is 19.0. The Labute approximate surface area is 109 Å². The van der Waals surface area contributed by atoms with Crippen molar-refractivity contribution in [2.75, 3.05) is 17.6 Å². The van der Waals surface area contributed by atoms with Gasteiger partial charge in [-0.3, -0.25) is 0 Å². The molecule has 0 fully saturated rings. The number of rotatable bonds is 6. The van der Waals surface area contributed by atoms with E-state index in [9.17, 15) is 4.39 Å². The average molecular weight is 254 g/mol. The van der Waals surface area contributed by atoms with E-state index in [0.29, 0.717) is 11.6 Å². The van der Waals surface area contributed by atoms with Gasteiger partial charge in [-0.15, -0.1) is 0 Å². The molecule has 1 aromatic rings. The summed E-state index contributed by atoms with van der Waals surface area (Å²) >= 11 is 0. The Kier molecular flexibility index (Phi) is 5.25. The molecule has 0 amide bonds. The highest BCUT2D eigenvalue weighted by Gasteiger charge is 2.11. The predicted octanol–water partition coefficient (Wildman–Crippen LogP) is 3.65. The summed E-state index contributed by atoms with van der Waals surface area (Å²) in [6.45, 7) is 8.82. The molecule has 3 nitrogen and oxygen atoms in total. The SMILES string of the molecule is CCC(C)CNc1cc(OC(C)C)c(F)cc1N. The highest BCUT2D eigenvalue weighted by atomic mass is 19.1. The van der Waals surface area contributed by atoms with Crippen molar-refractivity contribution in [2.45, 2.75) is 40.2 Å². The first-order valence-corrected chi connectivity index (χ1v) is 6.43. The number of nitrogen functional groups attached to an aromatic ring is 1. The molecule has 0 heterocycles. The van der Waals surface area contributed by atoms with Gasteiger partial charge in [0.15, 0.2) is 11.6 Å². The molecule has 102 valence electrons. The molecule has 0 aliphatic heterocycles. The molecule has 0 saturated carbocycles. The second-order valence-corrected chi connectivity index (χ2v) is 4.93. The highest BCUT2D eigenvalue weighted by Crippen LogP contribution is 2.29. The van der Waals surface area contributed by atoms with Crippen LogP contribution in [0.1, 0.15) is 34.1 Å². The zero-order valence-electron chi connectivity index (χ0n) is 11.6. The molecule has 1 aromatic carbocycles. The number of anilines is 2. The zero-order chi connectivity index (χ0) is 13.7. The molecule has 0 aliphatic carbocycles. The third-order valence-electron chi connectivity index (χ3n) is 2.80. The van der Waals surface area contributed by atoms with Gasteiger partial charge >= 0.3 is 0 Å². The molecule has 18 heavy (non-hydrogen) atoms. The smallest absolute Gasteiger partial charge is 0.167 e. The fourth-order valence-electron chi connectivity index (χ4n) is 1.49. The Bertz CT molecular complexity index is 394. The Morgan fingerprint density at radius 1 is 1.33 bits per heavy atom. The number of benzene rings is 1. The van der Waals surface area contributed by atoms with Crippen molar-refractivity contribution >= 4 is 11.4 Å². The highest BCUT2D eigenvalue weighted by molar-refractivity contribution is 5.68. The predicted molar refractivity (Wildman–Crippen MR) is 74.5 cm³/mol. The van der Waals surface area contributed by atoms with Crippen LogP contribution >= 0.6 is 0 Å². The Balaban J connectivity index is 2.84. The molecule has 4 heteroatoms. The van der Waals surface area contributed by atoms with Crippen LogP contribution in [0.25, 0.3) is 0 Å². The first-order valence-electron chi connectivity index (χ1n) is 6.43. The average Bonchev–Trinajstić information content (AvgIpc) is 2.30. The van der Waals surface area contributed by atoms with E-state index in [2.05, 4.69) is 19.2 Å². The van der Waals surface area contributed by atoms with Gasteiger partial charge in [0, 0.05) is 18.7 Å². The molecule has 0 saturated heterocycles. The van der Waals surface area contributed by atoms with Crippen LogP contribution in [0.4, 0.5) is 15.8 Å². The maximum atomic E-state index is 13.6. The summed E-state index contributed by atoms with van der Waals surface area (Å²) in [5.74, 6) is 0.366. The van der Waals surface area contributed by atoms with Gasteiger partial charge in [0.1, 0.15) is 0 Å². The van der Waals surface area contributed by atoms with E-state index < -0.39 is 5.82 Å². The van der Waals surface area contributed by atoms with Crippen molar-refractivity contribution in [2.24, 2.45) is 5.92 Å². The van der Waals surface area contributed by atoms with Crippen LogP contribution < -0.4 is 15.8 Å². The lowest BCUT2D eigenvalue weighted by Gasteiger charge is -2.16. The van der Waals surface area contributed by atoms with E-state index in [4.69, 9.17) is 10.5 Å². The van der Waals surface area contributed by atoms with Crippen LogP contribution in [0, 0.1) is 11.7 Å². The van der Waals surface area contributed by atoms with E-state index in [0.717, 1.165) is 18.7 Å². The van der Waals surface area contributed by atoms with Crippen molar-refractivity contribution in [3.8, 4) is 5.75 Å². The summed E-state index contributed by atoms with van der Waals surface area (Å²) in [6.07, 6.45) is 1.02. The van der Waals surface area contributed by atoms with Crippen molar-refractivity contribution in [1.29, 1.82) is 0 Å². The normalized spacial score (nSPS) is 12.6. The Morgan fingerprint density at radius 2 is 2.00 bits per heavy atom. The monoisotopic (exact) mass is 254 g/mol. The molecule has 0 spiro atoms. The number of nitrogens with one attached hydrogen (secondary N) is 1. The molecule has 0 bridgehead atoms. The second kappa shape index (κ2) is 6.47. The van der Waals surface area contributed by atoms with Crippen molar-refractivity contribution in [1.82, 2.24) is 0 Å². The molecule has 0 aromatic heterocycles. The summed E-state index contributed by atoms with van der Waals surface area (Å²) in [7, 11) is 0. The third kappa shape index (κ3) is 4.09. The quantitative estimate of drug-likeness (QED) is 0.762. The van der Waals surface area contributed by atoms with Crippen LogP contribution in [-0.4, -0.2) is 12.6 Å². The van der Waals surface area contributed by atoms with Gasteiger partial charge in [-0.2, -0.15) is 0 Å². The van der Waals surface area contributed by atoms with Crippen molar-refractivity contribution in [3.05, 3.63) is 17.9 Å². The maximum absolute atomic E-state index is 13.6. The topological polar surface area (TPSA) is 47.3 Å². The van der Waals surface area contributed by atoms with Gasteiger partial charge in [0.25, 0.3) is 0 Å². The first kappa shape index (κ1) is 14.6. The fourth-order valence-corrected chi connectivity index (χ4v) is 1.49. The number of ether oxygens (including phenoxy) is 1. The number of hydrogen-bond acceptors (Lipinski definition) is 3. The summed E-state index contributed by atoms with van der Waals surface area (Å²) in [4.78, 5) is 0. The number of hydrogen-bond donors (Lipinski definition) is 2. The van der Waals surface area contributed by atoms with E-state index in [-0.39, 0.29) is 11.9 Å². The van der Waals surface area contributed by atoms with Crippen molar-refractivity contribution in [3.63, 3.8) is 0 Å². The molecule has 0 radical (unpaired) electrons. The van der Waals surface area contributed by atoms with Gasteiger partial charge in [-0.1, -0.05) is 20.3 Å². The summed E-state index contributed by atoms with van der Waals surface area (Å²) in [6, 6.07) is 2.93. The second-order valence-electron chi connectivity index (χ2n) is 4.93. The van der Waals surface area contributed by atoms with Gasteiger partial charge < -0.3 is 15.8 Å². The minimum atomic E-state index is -0.421. The molecular weight excluding hydrogens is 231 g/mol. The minimum Gasteiger partial charge on any atom is -0.488 e. The van der Waals surface area contributed by atoms with Crippen LogP contribution in [0.15, 0.2) is 12.1 Å². The van der Waals surface area contributed by atoms with Crippen LogP contribution in [-0.2, 0) is 0 Å². The zero-order valence-corrected chi connectivity index (χ0v) is 11.6. The molecule has 1 unspecified atom stereocenters. The first-order chi connectivity index (χ1) is 8.43. The molecule has 3 N–H and O–H groups in total. The van der Waals surface area contributed by atoms with E-state index >= 15 is 0 Å². The Hall–Kier alpha value is -1.45. The number of nitrogens with two attached hydrogens (primary N) is 1. The van der Waals surface area contributed by atoms with Crippen LogP contribution in [0.3, 0.4) is 0 Å². The minimum absolute atomic E-state index is 0.0643. The molecular formula is C14H23FN2O. The molecule has 0 aliphatic rings. The summed E-state index contributed by atoms with van der Waals surface area (Å²) in [5, 5.41) is 3.23. The maximum Gasteiger partial charge on any atom is 0.167 e. The molecule has 1 rings (SSSR count). The van der Waals surface area contributed by atoms with Gasteiger partial charge in [-0.05, 0) is 19.8 Å². The van der Waals surface area contributed by atoms with Gasteiger partial charge in [0.2, 0.25) is 0 Å². The Morgan fingerprint density at radius 3 is 2.56 bits per heavy atom. The van der Waals surface area contributed by atoms with E-state index in [1.54, 1.807) is 6.07 Å². The molecule has 1 atom stereocenters. The van der Waals surface area contributed by atoms with Crippen LogP contribution in [0.5, 0.6) is 5.75 Å². The lowest BCUT2D eigenvalue weighted by molar-refractivity contribution is 0.231. The standard InChI is InChI=1S/C14H23FN2O/c1-5-10(4)8-17-13-7-14(18-9(2)3)11(15)6-12(13)16/h6-7,9-10,17H,5,8,16H2,1-4H3. The lowest BCUT2D eigenvalue weighted by atomic mass is 10.1. The van der Waals surface area contributed by atoms with Gasteiger partial charge in [0.05, 0.1) is 17.5 Å². The largest absolute Gasteiger partial charge is 0.488 e. The third-order valence-corrected chi connectivity index (χ3v) is 2.80. The summed E-state index contributed by atoms with van der Waals surface area (Å²) in [5.41, 5.74) is 6.93. The fraction of sp³-hybridized carbons (Fsp3) is 0.571.